The molecule has 20 heavy (non-hydrogen) atoms. The van der Waals surface area contributed by atoms with Crippen LogP contribution >= 0.6 is 0 Å². The van der Waals surface area contributed by atoms with Crippen LogP contribution in [0.1, 0.15) is 34.6 Å². The molecule has 0 saturated heterocycles. The van der Waals surface area contributed by atoms with E-state index in [1.165, 1.54) is 0 Å². The fraction of sp³-hybridized carbons (Fsp3) is 0.214. The van der Waals surface area contributed by atoms with Crippen LogP contribution in [0.5, 0.6) is 0 Å². The average Bonchev–Trinajstić information content (AvgIpc) is 2.47. The molecule has 2 heterocycles. The Morgan fingerprint density at radius 2 is 2.00 bits per heavy atom. The van der Waals surface area contributed by atoms with E-state index < -0.39 is 0 Å². The maximum atomic E-state index is 12.2. The third-order valence-corrected chi connectivity index (χ3v) is 2.92. The number of rotatable bonds is 4. The lowest BCUT2D eigenvalue weighted by atomic mass is 10.1. The number of carbonyl (C=O) groups excluding carboxylic acids is 1. The summed E-state index contributed by atoms with van der Waals surface area (Å²) in [6, 6.07) is 6.97. The molecule has 1 atom stereocenters. The van der Waals surface area contributed by atoms with Crippen LogP contribution in [0.25, 0.3) is 0 Å². The summed E-state index contributed by atoms with van der Waals surface area (Å²) in [5.41, 5.74) is 4.69. The largest absolute Gasteiger partial charge is 0.346 e. The average molecular weight is 271 g/mol. The van der Waals surface area contributed by atoms with Gasteiger partial charge in [-0.15, -0.1) is 0 Å². The summed E-state index contributed by atoms with van der Waals surface area (Å²) in [5.74, 6) is 5.62. The standard InChI is InChI=1S/C14H17N5O/c1-9-7-12(8-13(17-9)19-15)14(20)18-10(2)11-3-5-16-6-4-11/h3-8,10H,15H2,1-2H3,(H,17,19)(H,18,20). The molecule has 6 nitrogen and oxygen atoms in total. The number of nitrogens with one attached hydrogen (secondary N) is 2. The second-order valence-corrected chi connectivity index (χ2v) is 4.50. The Balaban J connectivity index is 2.14. The van der Waals surface area contributed by atoms with Crippen molar-refractivity contribution in [3.63, 3.8) is 0 Å². The number of aromatic nitrogens is 2. The molecule has 0 aromatic carbocycles. The zero-order valence-corrected chi connectivity index (χ0v) is 11.4. The minimum atomic E-state index is -0.170. The zero-order valence-electron chi connectivity index (χ0n) is 11.4. The molecular formula is C14H17N5O. The van der Waals surface area contributed by atoms with Gasteiger partial charge in [-0.1, -0.05) is 0 Å². The Morgan fingerprint density at radius 3 is 2.65 bits per heavy atom. The van der Waals surface area contributed by atoms with E-state index in [0.29, 0.717) is 11.4 Å². The number of amides is 1. The van der Waals surface area contributed by atoms with Crippen molar-refractivity contribution in [3.05, 3.63) is 53.5 Å². The monoisotopic (exact) mass is 271 g/mol. The number of nitrogens with zero attached hydrogens (tertiary/aromatic N) is 2. The second-order valence-electron chi connectivity index (χ2n) is 4.50. The molecule has 0 fully saturated rings. The molecule has 6 heteroatoms. The Kier molecular flexibility index (Phi) is 4.27. The highest BCUT2D eigenvalue weighted by Crippen LogP contribution is 2.13. The summed E-state index contributed by atoms with van der Waals surface area (Å²) in [6.45, 7) is 3.73. The van der Waals surface area contributed by atoms with Crippen molar-refractivity contribution in [2.45, 2.75) is 19.9 Å². The molecule has 2 rings (SSSR count). The lowest BCUT2D eigenvalue weighted by Crippen LogP contribution is -2.27. The molecule has 0 bridgehead atoms. The number of pyridine rings is 2. The van der Waals surface area contributed by atoms with Crippen LogP contribution in [0.4, 0.5) is 5.82 Å². The van der Waals surface area contributed by atoms with Gasteiger partial charge in [0.25, 0.3) is 5.91 Å². The summed E-state index contributed by atoms with van der Waals surface area (Å²) in [7, 11) is 0. The molecule has 4 N–H and O–H groups in total. The zero-order chi connectivity index (χ0) is 14.5. The van der Waals surface area contributed by atoms with Crippen LogP contribution in [0.2, 0.25) is 0 Å². The quantitative estimate of drug-likeness (QED) is 0.579. The molecule has 0 radical (unpaired) electrons. The highest BCUT2D eigenvalue weighted by molar-refractivity contribution is 5.95. The third kappa shape index (κ3) is 3.30. The normalized spacial score (nSPS) is 11.8. The van der Waals surface area contributed by atoms with Crippen molar-refractivity contribution in [2.24, 2.45) is 5.84 Å². The van der Waals surface area contributed by atoms with Crippen molar-refractivity contribution in [2.75, 3.05) is 5.43 Å². The molecular weight excluding hydrogens is 254 g/mol. The van der Waals surface area contributed by atoms with Gasteiger partial charge in [0.2, 0.25) is 0 Å². The number of hydrogen-bond acceptors (Lipinski definition) is 5. The van der Waals surface area contributed by atoms with Gasteiger partial charge in [-0.2, -0.15) is 0 Å². The van der Waals surface area contributed by atoms with Gasteiger partial charge in [0.1, 0.15) is 5.82 Å². The first kappa shape index (κ1) is 14.0. The molecule has 0 aliphatic rings. The van der Waals surface area contributed by atoms with Crippen LogP contribution in [0.15, 0.2) is 36.7 Å². The fourth-order valence-electron chi connectivity index (χ4n) is 1.89. The number of carbonyl (C=O) groups is 1. The van der Waals surface area contributed by atoms with E-state index in [9.17, 15) is 4.79 Å². The minimum absolute atomic E-state index is 0.103. The van der Waals surface area contributed by atoms with Crippen molar-refractivity contribution in [1.29, 1.82) is 0 Å². The smallest absolute Gasteiger partial charge is 0.251 e. The predicted molar refractivity (Wildman–Crippen MR) is 76.9 cm³/mol. The molecule has 1 amide bonds. The van der Waals surface area contributed by atoms with E-state index in [4.69, 9.17) is 5.84 Å². The van der Waals surface area contributed by atoms with Crippen LogP contribution in [-0.2, 0) is 0 Å². The lowest BCUT2D eigenvalue weighted by Gasteiger charge is -2.14. The molecule has 0 saturated carbocycles. The van der Waals surface area contributed by atoms with E-state index in [1.54, 1.807) is 24.5 Å². The van der Waals surface area contributed by atoms with Gasteiger partial charge in [0.15, 0.2) is 0 Å². The number of nitrogens with two attached hydrogens (primary N) is 1. The highest BCUT2D eigenvalue weighted by Gasteiger charge is 2.12. The van der Waals surface area contributed by atoms with E-state index >= 15 is 0 Å². The summed E-state index contributed by atoms with van der Waals surface area (Å²) < 4.78 is 0. The van der Waals surface area contributed by atoms with Crippen LogP contribution in [-0.4, -0.2) is 15.9 Å². The first-order valence-corrected chi connectivity index (χ1v) is 6.26. The number of hydrogen-bond donors (Lipinski definition) is 3. The number of aryl methyl sites for hydroxylation is 1. The fourth-order valence-corrected chi connectivity index (χ4v) is 1.89. The summed E-state index contributed by atoms with van der Waals surface area (Å²) in [5, 5.41) is 2.93. The van der Waals surface area contributed by atoms with Gasteiger partial charge in [0.05, 0.1) is 6.04 Å². The van der Waals surface area contributed by atoms with E-state index in [0.717, 1.165) is 11.3 Å². The van der Waals surface area contributed by atoms with Crippen molar-refractivity contribution >= 4 is 11.7 Å². The Hall–Kier alpha value is -2.47. The Labute approximate surface area is 117 Å². The molecule has 2 aromatic rings. The van der Waals surface area contributed by atoms with Gasteiger partial charge in [-0.05, 0) is 43.7 Å². The van der Waals surface area contributed by atoms with Crippen molar-refractivity contribution < 1.29 is 4.79 Å². The van der Waals surface area contributed by atoms with Crippen LogP contribution in [0.3, 0.4) is 0 Å². The first-order valence-electron chi connectivity index (χ1n) is 6.26. The van der Waals surface area contributed by atoms with Crippen LogP contribution in [0, 0.1) is 6.92 Å². The van der Waals surface area contributed by atoms with Gasteiger partial charge in [0, 0.05) is 23.7 Å². The summed E-state index contributed by atoms with van der Waals surface area (Å²) in [4.78, 5) is 20.3. The molecule has 104 valence electrons. The Morgan fingerprint density at radius 1 is 1.30 bits per heavy atom. The molecule has 0 aliphatic carbocycles. The van der Waals surface area contributed by atoms with E-state index in [-0.39, 0.29) is 11.9 Å². The molecule has 0 aliphatic heterocycles. The van der Waals surface area contributed by atoms with Gasteiger partial charge < -0.3 is 10.7 Å². The molecule has 2 aromatic heterocycles. The molecule has 1 unspecified atom stereocenters. The lowest BCUT2D eigenvalue weighted by molar-refractivity contribution is 0.0939. The second kappa shape index (κ2) is 6.12. The SMILES string of the molecule is Cc1cc(C(=O)NC(C)c2ccncc2)cc(NN)n1. The number of hydrazine groups is 1. The number of nitrogen functional groups attached to an aromatic ring is 1. The van der Waals surface area contributed by atoms with E-state index in [2.05, 4.69) is 20.7 Å². The van der Waals surface area contributed by atoms with Crippen molar-refractivity contribution in [3.8, 4) is 0 Å². The van der Waals surface area contributed by atoms with Crippen molar-refractivity contribution in [1.82, 2.24) is 15.3 Å². The molecule has 0 spiro atoms. The third-order valence-electron chi connectivity index (χ3n) is 2.92. The van der Waals surface area contributed by atoms with Gasteiger partial charge in [-0.25, -0.2) is 10.8 Å². The van der Waals surface area contributed by atoms with Gasteiger partial charge in [-0.3, -0.25) is 9.78 Å². The first-order chi connectivity index (χ1) is 9.60. The number of anilines is 1. The summed E-state index contributed by atoms with van der Waals surface area (Å²) in [6.07, 6.45) is 3.40. The maximum absolute atomic E-state index is 12.2. The summed E-state index contributed by atoms with van der Waals surface area (Å²) >= 11 is 0. The topological polar surface area (TPSA) is 92.9 Å². The van der Waals surface area contributed by atoms with E-state index in [1.807, 2.05) is 26.0 Å². The van der Waals surface area contributed by atoms with Gasteiger partial charge >= 0.3 is 0 Å². The highest BCUT2D eigenvalue weighted by atomic mass is 16.1. The maximum Gasteiger partial charge on any atom is 0.251 e. The Bertz CT molecular complexity index is 600. The predicted octanol–water partition coefficient (Wildman–Crippen LogP) is 1.56. The minimum Gasteiger partial charge on any atom is -0.346 e. The van der Waals surface area contributed by atoms with Crippen LogP contribution < -0.4 is 16.6 Å².